The van der Waals surface area contributed by atoms with E-state index >= 15 is 0 Å². The van der Waals surface area contributed by atoms with Crippen molar-refractivity contribution >= 4 is 23.4 Å². The molecule has 84 valence electrons. The average molecular weight is 242 g/mol. The Morgan fingerprint density at radius 1 is 1.31 bits per heavy atom. The maximum Gasteiger partial charge on any atom is 0.245 e. The number of alkyl halides is 1. The Morgan fingerprint density at radius 2 is 2.00 bits per heavy atom. The normalized spacial score (nSPS) is 24.7. The Bertz CT molecular complexity index is 475. The highest BCUT2D eigenvalue weighted by Gasteiger charge is 2.41. The van der Waals surface area contributed by atoms with Crippen molar-refractivity contribution < 1.29 is 14.0 Å². The standard InChI is InChI=1S/C11H9ClFNO2/c1-5-4-6(13)2-3-7(5)8-9(12)11(16)14-10(8)15/h2-4,8-9H,1H3,(H,14,15,16). The fourth-order valence-electron chi connectivity index (χ4n) is 1.84. The average Bonchev–Trinajstić information content (AvgIpc) is 2.43. The molecular weight excluding hydrogens is 233 g/mol. The second kappa shape index (κ2) is 3.87. The van der Waals surface area contributed by atoms with Crippen LogP contribution in [-0.2, 0) is 9.59 Å². The van der Waals surface area contributed by atoms with E-state index in [1.165, 1.54) is 18.2 Å². The van der Waals surface area contributed by atoms with Crippen LogP contribution in [0.3, 0.4) is 0 Å². The van der Waals surface area contributed by atoms with Gasteiger partial charge in [0, 0.05) is 0 Å². The van der Waals surface area contributed by atoms with Gasteiger partial charge in [-0.1, -0.05) is 6.07 Å². The summed E-state index contributed by atoms with van der Waals surface area (Å²) in [5, 5.41) is 1.23. The first kappa shape index (κ1) is 11.1. The topological polar surface area (TPSA) is 46.2 Å². The van der Waals surface area contributed by atoms with Gasteiger partial charge < -0.3 is 0 Å². The predicted octanol–water partition coefficient (Wildman–Crippen LogP) is 1.48. The van der Waals surface area contributed by atoms with Gasteiger partial charge in [0.15, 0.2) is 0 Å². The molecule has 0 aliphatic carbocycles. The minimum atomic E-state index is -0.920. The highest BCUT2D eigenvalue weighted by atomic mass is 35.5. The van der Waals surface area contributed by atoms with Gasteiger partial charge in [-0.25, -0.2) is 4.39 Å². The third-order valence-corrected chi connectivity index (χ3v) is 3.09. The minimum absolute atomic E-state index is 0.378. The summed E-state index contributed by atoms with van der Waals surface area (Å²) in [6, 6.07) is 4.06. The van der Waals surface area contributed by atoms with Gasteiger partial charge in [0.1, 0.15) is 11.2 Å². The fourth-order valence-corrected chi connectivity index (χ4v) is 2.14. The van der Waals surface area contributed by atoms with E-state index in [4.69, 9.17) is 11.6 Å². The van der Waals surface area contributed by atoms with Crippen molar-refractivity contribution in [3.8, 4) is 0 Å². The summed E-state index contributed by atoms with van der Waals surface area (Å²) in [6.07, 6.45) is 0. The Hall–Kier alpha value is -1.42. The largest absolute Gasteiger partial charge is 0.295 e. The molecule has 0 spiro atoms. The molecule has 1 aromatic rings. The first-order chi connectivity index (χ1) is 7.50. The molecule has 1 aliphatic rings. The van der Waals surface area contributed by atoms with E-state index in [0.29, 0.717) is 11.1 Å². The van der Waals surface area contributed by atoms with Crippen LogP contribution in [0.25, 0.3) is 0 Å². The van der Waals surface area contributed by atoms with Crippen LogP contribution in [0.2, 0.25) is 0 Å². The van der Waals surface area contributed by atoms with Crippen LogP contribution in [0.15, 0.2) is 18.2 Å². The van der Waals surface area contributed by atoms with Crippen LogP contribution in [0.1, 0.15) is 17.0 Å². The van der Waals surface area contributed by atoms with Gasteiger partial charge in [-0.3, -0.25) is 14.9 Å². The van der Waals surface area contributed by atoms with Gasteiger partial charge in [-0.2, -0.15) is 0 Å². The number of imide groups is 1. The lowest BCUT2D eigenvalue weighted by atomic mass is 9.93. The molecule has 0 saturated carbocycles. The maximum atomic E-state index is 12.9. The Kier molecular flexibility index (Phi) is 2.68. The first-order valence-corrected chi connectivity index (χ1v) is 5.19. The van der Waals surface area contributed by atoms with Crippen molar-refractivity contribution in [2.45, 2.75) is 18.2 Å². The van der Waals surface area contributed by atoms with Crippen LogP contribution in [0, 0.1) is 12.7 Å². The van der Waals surface area contributed by atoms with Crippen LogP contribution in [0.5, 0.6) is 0 Å². The molecule has 1 saturated heterocycles. The highest BCUT2D eigenvalue weighted by Crippen LogP contribution is 2.31. The molecule has 1 heterocycles. The summed E-state index contributed by atoms with van der Waals surface area (Å²) < 4.78 is 12.9. The zero-order chi connectivity index (χ0) is 11.9. The van der Waals surface area contributed by atoms with Crippen LogP contribution in [0.4, 0.5) is 4.39 Å². The van der Waals surface area contributed by atoms with Gasteiger partial charge >= 0.3 is 0 Å². The van der Waals surface area contributed by atoms with Crippen molar-refractivity contribution in [1.82, 2.24) is 5.32 Å². The Morgan fingerprint density at radius 3 is 2.50 bits per heavy atom. The van der Waals surface area contributed by atoms with Crippen molar-refractivity contribution in [3.63, 3.8) is 0 Å². The van der Waals surface area contributed by atoms with Gasteiger partial charge in [0.05, 0.1) is 5.92 Å². The van der Waals surface area contributed by atoms with E-state index in [2.05, 4.69) is 5.32 Å². The summed E-state index contributed by atoms with van der Waals surface area (Å²) in [6.45, 7) is 1.68. The fraction of sp³-hybridized carbons (Fsp3) is 0.273. The zero-order valence-corrected chi connectivity index (χ0v) is 9.22. The summed E-state index contributed by atoms with van der Waals surface area (Å²) in [7, 11) is 0. The van der Waals surface area contributed by atoms with E-state index in [1.807, 2.05) is 0 Å². The second-order valence-electron chi connectivity index (χ2n) is 3.73. The predicted molar refractivity (Wildman–Crippen MR) is 56.7 cm³/mol. The molecule has 0 bridgehead atoms. The number of aryl methyl sites for hydroxylation is 1. The molecule has 2 amide bonds. The summed E-state index contributed by atoms with van der Waals surface area (Å²) in [5.41, 5.74) is 1.20. The lowest BCUT2D eigenvalue weighted by Crippen LogP contribution is -2.22. The Balaban J connectivity index is 2.44. The summed E-state index contributed by atoms with van der Waals surface area (Å²) in [5.74, 6) is -2.04. The number of rotatable bonds is 1. The molecule has 0 aromatic heterocycles. The monoisotopic (exact) mass is 241 g/mol. The number of amides is 2. The molecule has 1 fully saturated rings. The highest BCUT2D eigenvalue weighted by molar-refractivity contribution is 6.37. The molecule has 1 aromatic carbocycles. The van der Waals surface area contributed by atoms with Gasteiger partial charge in [0.25, 0.3) is 0 Å². The van der Waals surface area contributed by atoms with Gasteiger partial charge in [-0.15, -0.1) is 11.6 Å². The molecule has 0 radical (unpaired) electrons. The smallest absolute Gasteiger partial charge is 0.245 e. The molecular formula is C11H9ClFNO2. The molecule has 5 heteroatoms. The third kappa shape index (κ3) is 1.69. The van der Waals surface area contributed by atoms with Gasteiger partial charge in [0.2, 0.25) is 11.8 Å². The van der Waals surface area contributed by atoms with E-state index in [9.17, 15) is 14.0 Å². The van der Waals surface area contributed by atoms with Crippen molar-refractivity contribution in [3.05, 3.63) is 35.1 Å². The maximum absolute atomic E-state index is 12.9. The Labute approximate surface area is 96.6 Å². The number of hydrogen-bond acceptors (Lipinski definition) is 2. The van der Waals surface area contributed by atoms with E-state index in [0.717, 1.165) is 0 Å². The lowest BCUT2D eigenvalue weighted by molar-refractivity contribution is -0.125. The van der Waals surface area contributed by atoms with Crippen molar-refractivity contribution in [2.24, 2.45) is 0 Å². The first-order valence-electron chi connectivity index (χ1n) is 4.75. The molecule has 2 unspecified atom stereocenters. The SMILES string of the molecule is Cc1cc(F)ccc1C1C(=O)NC(=O)C1Cl. The van der Waals surface area contributed by atoms with E-state index in [1.54, 1.807) is 6.92 Å². The molecule has 3 nitrogen and oxygen atoms in total. The zero-order valence-electron chi connectivity index (χ0n) is 8.46. The van der Waals surface area contributed by atoms with Crippen LogP contribution in [-0.4, -0.2) is 17.2 Å². The summed E-state index contributed by atoms with van der Waals surface area (Å²) >= 11 is 5.84. The minimum Gasteiger partial charge on any atom is -0.295 e. The van der Waals surface area contributed by atoms with E-state index < -0.39 is 23.1 Å². The number of benzene rings is 1. The van der Waals surface area contributed by atoms with Gasteiger partial charge in [-0.05, 0) is 30.2 Å². The molecule has 2 atom stereocenters. The van der Waals surface area contributed by atoms with Crippen molar-refractivity contribution in [1.29, 1.82) is 0 Å². The number of carbonyl (C=O) groups excluding carboxylic acids is 2. The lowest BCUT2D eigenvalue weighted by Gasteiger charge is -2.12. The number of nitrogens with one attached hydrogen (secondary N) is 1. The quantitative estimate of drug-likeness (QED) is 0.598. The van der Waals surface area contributed by atoms with Crippen LogP contribution < -0.4 is 5.32 Å². The summed E-state index contributed by atoms with van der Waals surface area (Å²) in [4.78, 5) is 22.7. The number of halogens is 2. The molecule has 1 aliphatic heterocycles. The van der Waals surface area contributed by atoms with Crippen molar-refractivity contribution in [2.75, 3.05) is 0 Å². The van der Waals surface area contributed by atoms with Crippen LogP contribution >= 0.6 is 11.6 Å². The second-order valence-corrected chi connectivity index (χ2v) is 4.20. The number of hydrogen-bond donors (Lipinski definition) is 1. The van der Waals surface area contributed by atoms with E-state index in [-0.39, 0.29) is 5.82 Å². The number of carbonyl (C=O) groups is 2. The molecule has 1 N–H and O–H groups in total. The third-order valence-electron chi connectivity index (χ3n) is 2.64. The molecule has 2 rings (SSSR count). The molecule has 16 heavy (non-hydrogen) atoms.